The van der Waals surface area contributed by atoms with Crippen LogP contribution in [0.15, 0.2) is 104 Å². The van der Waals surface area contributed by atoms with Crippen molar-refractivity contribution in [2.45, 2.75) is 9.79 Å². The molecule has 7 aromatic rings. The maximum Gasteiger partial charge on any atom is 0.227 e. The number of aromatic nitrogens is 2. The molecule has 0 unspecified atom stereocenters. The largest absolute Gasteiger partial charge is 0.453 e. The molecule has 5 aromatic carbocycles. The highest BCUT2D eigenvalue weighted by molar-refractivity contribution is 9.10. The Bertz CT molecular complexity index is 2470. The van der Waals surface area contributed by atoms with Crippen molar-refractivity contribution in [1.29, 1.82) is 5.26 Å². The van der Waals surface area contributed by atoms with Gasteiger partial charge in [0.05, 0.1) is 40.0 Å². The van der Waals surface area contributed by atoms with E-state index in [0.717, 1.165) is 69.2 Å². The van der Waals surface area contributed by atoms with Crippen LogP contribution in [0.25, 0.3) is 48.2 Å². The van der Waals surface area contributed by atoms with Gasteiger partial charge >= 0.3 is 0 Å². The smallest absolute Gasteiger partial charge is 0.227 e. The van der Waals surface area contributed by atoms with Gasteiger partial charge in [-0.15, -0.1) is 11.3 Å². The molecule has 2 aromatic heterocycles. The number of thiazole rings is 1. The molecule has 0 fully saturated rings. The Morgan fingerprint density at radius 1 is 0.886 bits per heavy atom. The summed E-state index contributed by atoms with van der Waals surface area (Å²) >= 11 is 6.95. The molecule has 0 atom stereocenters. The molecular weight excluding hydrogens is 654 g/mol. The van der Waals surface area contributed by atoms with Crippen LogP contribution in [0.4, 0.5) is 22.7 Å². The number of ether oxygens (including phenoxy) is 1. The fourth-order valence-corrected chi connectivity index (χ4v) is 8.44. The van der Waals surface area contributed by atoms with Crippen molar-refractivity contribution in [2.24, 2.45) is 0 Å². The van der Waals surface area contributed by atoms with Gasteiger partial charge in [-0.3, -0.25) is 0 Å². The summed E-state index contributed by atoms with van der Waals surface area (Å²) in [4.78, 5) is 17.6. The first-order chi connectivity index (χ1) is 21.6. The summed E-state index contributed by atoms with van der Waals surface area (Å²) in [6, 6.07) is 29.3. The van der Waals surface area contributed by atoms with Gasteiger partial charge in [-0.2, -0.15) is 5.26 Å². The van der Waals surface area contributed by atoms with Crippen LogP contribution < -0.4 is 9.64 Å². The topological polar surface area (TPSA) is 79.5 Å². The van der Waals surface area contributed by atoms with Crippen LogP contribution in [0.5, 0.6) is 11.5 Å². The Morgan fingerprint density at radius 3 is 2.66 bits per heavy atom. The van der Waals surface area contributed by atoms with E-state index in [-0.39, 0.29) is 0 Å². The molecule has 0 amide bonds. The number of anilines is 3. The van der Waals surface area contributed by atoms with Gasteiger partial charge in [0.1, 0.15) is 16.2 Å². The number of rotatable bonds is 2. The molecule has 44 heavy (non-hydrogen) atoms. The van der Waals surface area contributed by atoms with Crippen molar-refractivity contribution in [3.8, 4) is 39.6 Å². The first kappa shape index (κ1) is 25.4. The lowest BCUT2D eigenvalue weighted by molar-refractivity contribution is 0.475. The summed E-state index contributed by atoms with van der Waals surface area (Å²) in [6.07, 6.45) is 0. The molecule has 0 radical (unpaired) electrons. The van der Waals surface area contributed by atoms with E-state index >= 15 is 0 Å². The molecule has 0 bridgehead atoms. The van der Waals surface area contributed by atoms with E-state index in [1.807, 2.05) is 48.5 Å². The Hall–Kier alpha value is -5.13. The van der Waals surface area contributed by atoms with Gasteiger partial charge in [0.2, 0.25) is 5.89 Å². The summed E-state index contributed by atoms with van der Waals surface area (Å²) in [6.45, 7) is 7.41. The van der Waals surface area contributed by atoms with Crippen LogP contribution in [0.1, 0.15) is 5.56 Å². The standard InChI is InChI=1S/C34H14BrN5O2S2/c1-37-20-5-8-23-29(15-20)44-34(39-23)21-6-11-27-31-32(21)43-30-14-19(35)4-9-24(30)40(31)25-13-18(3-10-26(25)41-27)33-38-22-7-2-17(16-36)12-28(22)42-33/h2-15H. The summed E-state index contributed by atoms with van der Waals surface area (Å²) in [7, 11) is 0. The quantitative estimate of drug-likeness (QED) is 0.170. The van der Waals surface area contributed by atoms with E-state index < -0.39 is 0 Å². The minimum atomic E-state index is 0.466. The van der Waals surface area contributed by atoms with Gasteiger partial charge in [0.15, 0.2) is 22.8 Å². The lowest BCUT2D eigenvalue weighted by Crippen LogP contribution is -2.20. The fraction of sp³-hybridized carbons (Fsp3) is 0. The lowest BCUT2D eigenvalue weighted by Gasteiger charge is -2.38. The first-order valence-corrected chi connectivity index (χ1v) is 15.8. The number of nitrogens with zero attached hydrogens (tertiary/aromatic N) is 5. The number of oxazole rings is 1. The van der Waals surface area contributed by atoms with Gasteiger partial charge in [0, 0.05) is 31.3 Å². The number of nitriles is 1. The van der Waals surface area contributed by atoms with Crippen molar-refractivity contribution in [3.05, 3.63) is 106 Å². The maximum absolute atomic E-state index is 9.32. The number of hydrogen-bond donors (Lipinski definition) is 0. The van der Waals surface area contributed by atoms with E-state index in [1.165, 1.54) is 0 Å². The molecule has 0 N–H and O–H groups in total. The van der Waals surface area contributed by atoms with Gasteiger partial charge in [-0.05, 0) is 72.8 Å². The van der Waals surface area contributed by atoms with Crippen LogP contribution in [0.2, 0.25) is 0 Å². The maximum atomic E-state index is 9.32. The van der Waals surface area contributed by atoms with Gasteiger partial charge in [0.25, 0.3) is 0 Å². The molecule has 0 saturated heterocycles. The number of hydrogen-bond acceptors (Lipinski definition) is 8. The van der Waals surface area contributed by atoms with E-state index in [0.29, 0.717) is 28.2 Å². The second kappa shape index (κ2) is 9.43. The summed E-state index contributed by atoms with van der Waals surface area (Å²) < 4.78 is 14.6. The predicted octanol–water partition coefficient (Wildman–Crippen LogP) is 11.0. The Kier molecular flexibility index (Phi) is 5.44. The average molecular weight is 669 g/mol. The summed E-state index contributed by atoms with van der Waals surface area (Å²) in [5.74, 6) is 1.94. The SMILES string of the molecule is [C-]#[N+]c1ccc2nc(-c3ccc4c5c3Sc3cc(Br)ccc3N5c3cc(-c5nc6ccc(C#N)cc6o5)ccc3O4)sc2c1. The molecule has 10 heteroatoms. The third kappa shape index (κ3) is 3.79. The highest BCUT2D eigenvalue weighted by Gasteiger charge is 2.36. The zero-order valence-electron chi connectivity index (χ0n) is 22.3. The van der Waals surface area contributed by atoms with Crippen LogP contribution in [0, 0.1) is 17.9 Å². The third-order valence-corrected chi connectivity index (χ3v) is 10.3. The molecule has 0 spiro atoms. The normalized spacial score (nSPS) is 12.7. The summed E-state index contributed by atoms with van der Waals surface area (Å²) in [5.41, 5.74) is 7.89. The molecule has 2 aliphatic rings. The second-order valence-corrected chi connectivity index (χ2v) is 13.2. The zero-order chi connectivity index (χ0) is 29.5. The van der Waals surface area contributed by atoms with Crippen molar-refractivity contribution < 1.29 is 9.15 Å². The predicted molar refractivity (Wildman–Crippen MR) is 176 cm³/mol. The Morgan fingerprint density at radius 2 is 1.77 bits per heavy atom. The molecule has 7 nitrogen and oxygen atoms in total. The van der Waals surface area contributed by atoms with Crippen molar-refractivity contribution in [2.75, 3.05) is 4.90 Å². The molecule has 0 aliphatic carbocycles. The van der Waals surface area contributed by atoms with E-state index in [9.17, 15) is 5.26 Å². The molecule has 0 saturated carbocycles. The number of benzene rings is 5. The third-order valence-electron chi connectivity index (χ3n) is 7.61. The molecule has 9 rings (SSSR count). The van der Waals surface area contributed by atoms with E-state index in [2.05, 4.69) is 49.9 Å². The Labute approximate surface area is 266 Å². The Balaban J connectivity index is 1.24. The highest BCUT2D eigenvalue weighted by atomic mass is 79.9. The average Bonchev–Trinajstić information content (AvgIpc) is 3.68. The van der Waals surface area contributed by atoms with Gasteiger partial charge in [-0.1, -0.05) is 33.8 Å². The minimum Gasteiger partial charge on any atom is -0.453 e. The summed E-state index contributed by atoms with van der Waals surface area (Å²) in [5, 5.41) is 10.2. The molecule has 2 aliphatic heterocycles. The number of halogens is 1. The zero-order valence-corrected chi connectivity index (χ0v) is 25.5. The van der Waals surface area contributed by atoms with E-state index in [1.54, 1.807) is 41.3 Å². The van der Waals surface area contributed by atoms with Crippen molar-refractivity contribution >= 4 is 83.1 Å². The minimum absolute atomic E-state index is 0.466. The van der Waals surface area contributed by atoms with Crippen LogP contribution >= 0.6 is 39.0 Å². The fourth-order valence-electron chi connectivity index (χ4n) is 5.60. The van der Waals surface area contributed by atoms with Crippen LogP contribution in [-0.4, -0.2) is 9.97 Å². The van der Waals surface area contributed by atoms with Gasteiger partial charge < -0.3 is 14.1 Å². The second-order valence-electron chi connectivity index (χ2n) is 10.2. The highest BCUT2D eigenvalue weighted by Crippen LogP contribution is 2.62. The molecular formula is C34H14BrN5O2S2. The van der Waals surface area contributed by atoms with Gasteiger partial charge in [-0.25, -0.2) is 14.8 Å². The molecule has 206 valence electrons. The van der Waals surface area contributed by atoms with Crippen molar-refractivity contribution in [3.63, 3.8) is 0 Å². The van der Waals surface area contributed by atoms with Crippen molar-refractivity contribution in [1.82, 2.24) is 9.97 Å². The first-order valence-electron chi connectivity index (χ1n) is 13.4. The lowest BCUT2D eigenvalue weighted by atomic mass is 10.1. The van der Waals surface area contributed by atoms with E-state index in [4.69, 9.17) is 25.7 Å². The van der Waals surface area contributed by atoms with Crippen LogP contribution in [-0.2, 0) is 0 Å². The number of fused-ring (bicyclic) bond motifs is 6. The molecule has 4 heterocycles. The monoisotopic (exact) mass is 667 g/mol. The van der Waals surface area contributed by atoms with Crippen LogP contribution in [0.3, 0.4) is 0 Å².